The number of carbonyl (C=O) groups is 1. The number of thiophene rings is 1. The number of benzene rings is 2. The van der Waals surface area contributed by atoms with Gasteiger partial charge in [0, 0.05) is 9.58 Å². The molecule has 1 aromatic heterocycles. The standard InChI is InChI=1S/C17H15NO3S/c1-12(16-11-13-7-5-6-10-15(13)22-16)18(20)17(19)21-14-8-3-2-4-9-14/h2-12,20H,1H3. The smallest absolute Gasteiger partial charge is 0.409 e. The van der Waals surface area contributed by atoms with Gasteiger partial charge in [-0.05, 0) is 36.6 Å². The first-order chi connectivity index (χ1) is 10.6. The van der Waals surface area contributed by atoms with E-state index in [1.54, 1.807) is 42.5 Å². The molecular formula is C17H15NO3S. The van der Waals surface area contributed by atoms with E-state index >= 15 is 0 Å². The first-order valence-electron chi connectivity index (χ1n) is 6.88. The molecule has 1 N–H and O–H groups in total. The highest BCUT2D eigenvalue weighted by Gasteiger charge is 2.23. The summed E-state index contributed by atoms with van der Waals surface area (Å²) in [7, 11) is 0. The monoisotopic (exact) mass is 313 g/mol. The van der Waals surface area contributed by atoms with Gasteiger partial charge in [0.15, 0.2) is 0 Å². The normalized spacial score (nSPS) is 12.1. The molecule has 1 amide bonds. The number of para-hydroxylation sites is 1. The molecule has 112 valence electrons. The van der Waals surface area contributed by atoms with E-state index in [1.807, 2.05) is 36.4 Å². The van der Waals surface area contributed by atoms with E-state index in [0.717, 1.165) is 15.0 Å². The summed E-state index contributed by atoms with van der Waals surface area (Å²) in [4.78, 5) is 12.9. The molecule has 0 saturated heterocycles. The molecule has 0 fully saturated rings. The Morgan fingerprint density at radius 2 is 1.82 bits per heavy atom. The van der Waals surface area contributed by atoms with Gasteiger partial charge in [0.05, 0.1) is 6.04 Å². The van der Waals surface area contributed by atoms with E-state index < -0.39 is 12.1 Å². The molecule has 4 nitrogen and oxygen atoms in total. The zero-order valence-corrected chi connectivity index (χ0v) is 12.8. The second-order valence-corrected chi connectivity index (χ2v) is 6.00. The fourth-order valence-electron chi connectivity index (χ4n) is 2.12. The molecule has 0 aliphatic rings. The van der Waals surface area contributed by atoms with Crippen molar-refractivity contribution in [1.82, 2.24) is 5.06 Å². The summed E-state index contributed by atoms with van der Waals surface area (Å²) in [5, 5.41) is 11.8. The number of hydrogen-bond donors (Lipinski definition) is 1. The lowest BCUT2D eigenvalue weighted by Gasteiger charge is -2.20. The first-order valence-corrected chi connectivity index (χ1v) is 7.70. The summed E-state index contributed by atoms with van der Waals surface area (Å²) in [6, 6.07) is 18.1. The summed E-state index contributed by atoms with van der Waals surface area (Å²) in [5.41, 5.74) is 0. The minimum absolute atomic E-state index is 0.398. The molecule has 0 spiro atoms. The number of amides is 1. The Morgan fingerprint density at radius 1 is 1.14 bits per heavy atom. The number of hydroxylamine groups is 2. The Labute approximate surface area is 132 Å². The SMILES string of the molecule is CC(c1cc2ccccc2s1)N(O)C(=O)Oc1ccccc1. The van der Waals surface area contributed by atoms with Gasteiger partial charge in [-0.3, -0.25) is 5.21 Å². The van der Waals surface area contributed by atoms with Crippen molar-refractivity contribution in [3.63, 3.8) is 0 Å². The maximum absolute atomic E-state index is 12.0. The molecule has 0 aliphatic carbocycles. The van der Waals surface area contributed by atoms with Crippen LogP contribution in [0.2, 0.25) is 0 Å². The van der Waals surface area contributed by atoms with E-state index in [9.17, 15) is 10.0 Å². The summed E-state index contributed by atoms with van der Waals surface area (Å²) in [6.07, 6.45) is -0.795. The molecule has 0 aliphatic heterocycles. The Morgan fingerprint density at radius 3 is 2.55 bits per heavy atom. The van der Waals surface area contributed by atoms with Gasteiger partial charge in [0.1, 0.15) is 5.75 Å². The highest BCUT2D eigenvalue weighted by molar-refractivity contribution is 7.19. The lowest BCUT2D eigenvalue weighted by atomic mass is 10.2. The van der Waals surface area contributed by atoms with Crippen LogP contribution in [0, 0.1) is 0 Å². The molecule has 1 unspecified atom stereocenters. The summed E-state index contributed by atoms with van der Waals surface area (Å²) >= 11 is 1.55. The average Bonchev–Trinajstić information content (AvgIpc) is 2.98. The van der Waals surface area contributed by atoms with Crippen LogP contribution in [-0.4, -0.2) is 16.4 Å². The highest BCUT2D eigenvalue weighted by atomic mass is 32.1. The third-order valence-corrected chi connectivity index (χ3v) is 4.64. The number of carbonyl (C=O) groups excluding carboxylic acids is 1. The van der Waals surface area contributed by atoms with Gasteiger partial charge in [-0.15, -0.1) is 11.3 Å². The molecule has 5 heteroatoms. The third-order valence-electron chi connectivity index (χ3n) is 3.36. The van der Waals surface area contributed by atoms with Crippen LogP contribution >= 0.6 is 11.3 Å². The van der Waals surface area contributed by atoms with Crippen LogP contribution in [0.3, 0.4) is 0 Å². The number of fused-ring (bicyclic) bond motifs is 1. The van der Waals surface area contributed by atoms with E-state index in [2.05, 4.69) is 0 Å². The second kappa shape index (κ2) is 6.17. The van der Waals surface area contributed by atoms with Crippen molar-refractivity contribution in [2.24, 2.45) is 0 Å². The van der Waals surface area contributed by atoms with Crippen LogP contribution in [0.25, 0.3) is 10.1 Å². The maximum Gasteiger partial charge on any atom is 0.439 e. The second-order valence-electron chi connectivity index (χ2n) is 4.89. The van der Waals surface area contributed by atoms with E-state index in [4.69, 9.17) is 4.74 Å². The van der Waals surface area contributed by atoms with Crippen molar-refractivity contribution in [2.45, 2.75) is 13.0 Å². The lowest BCUT2D eigenvalue weighted by Crippen LogP contribution is -2.32. The topological polar surface area (TPSA) is 49.8 Å². The predicted molar refractivity (Wildman–Crippen MR) is 86.3 cm³/mol. The van der Waals surface area contributed by atoms with Gasteiger partial charge in [0.25, 0.3) is 0 Å². The van der Waals surface area contributed by atoms with Gasteiger partial charge in [-0.25, -0.2) is 4.79 Å². The summed E-state index contributed by atoms with van der Waals surface area (Å²) in [6.45, 7) is 1.76. The fraction of sp³-hybridized carbons (Fsp3) is 0.118. The van der Waals surface area contributed by atoms with Gasteiger partial charge in [-0.2, -0.15) is 5.06 Å². The molecule has 22 heavy (non-hydrogen) atoms. The molecule has 0 saturated carbocycles. The van der Waals surface area contributed by atoms with Crippen LogP contribution in [0.5, 0.6) is 5.75 Å². The number of rotatable bonds is 3. The Balaban J connectivity index is 1.75. The Hall–Kier alpha value is -2.37. The summed E-state index contributed by atoms with van der Waals surface area (Å²) in [5.74, 6) is 0.398. The first kappa shape index (κ1) is 14.6. The Kier molecular flexibility index (Phi) is 4.09. The van der Waals surface area contributed by atoms with Crippen LogP contribution in [0.1, 0.15) is 17.8 Å². The van der Waals surface area contributed by atoms with Crippen molar-refractivity contribution < 1.29 is 14.7 Å². The van der Waals surface area contributed by atoms with Gasteiger partial charge >= 0.3 is 6.09 Å². The number of hydrogen-bond acceptors (Lipinski definition) is 4. The van der Waals surface area contributed by atoms with E-state index in [0.29, 0.717) is 10.8 Å². The zero-order chi connectivity index (χ0) is 15.5. The van der Waals surface area contributed by atoms with Gasteiger partial charge < -0.3 is 4.74 Å². The van der Waals surface area contributed by atoms with Crippen LogP contribution in [-0.2, 0) is 0 Å². The largest absolute Gasteiger partial charge is 0.439 e. The van der Waals surface area contributed by atoms with Crippen LogP contribution in [0.15, 0.2) is 60.7 Å². The molecule has 0 radical (unpaired) electrons. The summed E-state index contributed by atoms with van der Waals surface area (Å²) < 4.78 is 6.25. The average molecular weight is 313 g/mol. The number of ether oxygens (including phenoxy) is 1. The van der Waals surface area contributed by atoms with Gasteiger partial charge in [0.2, 0.25) is 0 Å². The Bertz CT molecular complexity index is 752. The molecule has 3 aromatic rings. The van der Waals surface area contributed by atoms with E-state index in [1.165, 1.54) is 0 Å². The minimum atomic E-state index is -0.795. The molecule has 2 aromatic carbocycles. The van der Waals surface area contributed by atoms with Crippen molar-refractivity contribution in [1.29, 1.82) is 0 Å². The predicted octanol–water partition coefficient (Wildman–Crippen LogP) is 4.85. The lowest BCUT2D eigenvalue weighted by molar-refractivity contribution is -0.0888. The van der Waals surface area contributed by atoms with Gasteiger partial charge in [-0.1, -0.05) is 36.4 Å². The molecular weight excluding hydrogens is 298 g/mol. The van der Waals surface area contributed by atoms with Crippen molar-refractivity contribution in [2.75, 3.05) is 0 Å². The maximum atomic E-state index is 12.0. The van der Waals surface area contributed by atoms with Crippen LogP contribution < -0.4 is 4.74 Å². The highest BCUT2D eigenvalue weighted by Crippen LogP contribution is 2.32. The van der Waals surface area contributed by atoms with Crippen molar-refractivity contribution in [3.05, 3.63) is 65.5 Å². The van der Waals surface area contributed by atoms with E-state index in [-0.39, 0.29) is 0 Å². The molecule has 3 rings (SSSR count). The number of nitrogens with zero attached hydrogens (tertiary/aromatic N) is 1. The van der Waals surface area contributed by atoms with Crippen molar-refractivity contribution in [3.8, 4) is 5.75 Å². The molecule has 0 bridgehead atoms. The van der Waals surface area contributed by atoms with Crippen LogP contribution in [0.4, 0.5) is 4.79 Å². The zero-order valence-electron chi connectivity index (χ0n) is 12.0. The molecule has 1 atom stereocenters. The molecule has 1 heterocycles. The minimum Gasteiger partial charge on any atom is -0.409 e. The third kappa shape index (κ3) is 2.95. The quantitative estimate of drug-likeness (QED) is 0.555. The fourth-order valence-corrected chi connectivity index (χ4v) is 3.22. The van der Waals surface area contributed by atoms with Crippen molar-refractivity contribution >= 4 is 27.5 Å².